The molecule has 0 saturated carbocycles. The maximum atomic E-state index is 9.24. The molecule has 1 unspecified atom stereocenters. The van der Waals surface area contributed by atoms with Crippen LogP contribution in [0, 0.1) is 11.8 Å². The smallest absolute Gasteiger partial charge is 0.162 e. The van der Waals surface area contributed by atoms with Crippen LogP contribution >= 0.6 is 0 Å². The SMILES string of the molecule is CC(C)[C@@H]1COCOC1O. The average molecular weight is 146 g/mol. The molecule has 60 valence electrons. The Kier molecular flexibility index (Phi) is 2.65. The summed E-state index contributed by atoms with van der Waals surface area (Å²) in [6.45, 7) is 4.93. The van der Waals surface area contributed by atoms with E-state index in [0.29, 0.717) is 12.5 Å². The molecule has 0 amide bonds. The summed E-state index contributed by atoms with van der Waals surface area (Å²) < 4.78 is 9.92. The molecule has 1 heterocycles. The van der Waals surface area contributed by atoms with Gasteiger partial charge in [0.1, 0.15) is 6.79 Å². The van der Waals surface area contributed by atoms with E-state index in [1.54, 1.807) is 0 Å². The third-order valence-corrected chi connectivity index (χ3v) is 1.86. The summed E-state index contributed by atoms with van der Waals surface area (Å²) in [5.41, 5.74) is 0. The summed E-state index contributed by atoms with van der Waals surface area (Å²) in [7, 11) is 0. The van der Waals surface area contributed by atoms with Crippen LogP contribution in [-0.2, 0) is 9.47 Å². The summed E-state index contributed by atoms with van der Waals surface area (Å²) in [6, 6.07) is 0. The predicted molar refractivity (Wildman–Crippen MR) is 36.2 cm³/mol. The Morgan fingerprint density at radius 1 is 1.50 bits per heavy atom. The highest BCUT2D eigenvalue weighted by Crippen LogP contribution is 2.20. The lowest BCUT2D eigenvalue weighted by atomic mass is 9.96. The van der Waals surface area contributed by atoms with Gasteiger partial charge in [-0.3, -0.25) is 0 Å². The Bertz CT molecular complexity index is 103. The Morgan fingerprint density at radius 3 is 2.60 bits per heavy atom. The quantitative estimate of drug-likeness (QED) is 0.588. The Balaban J connectivity index is 2.40. The molecule has 0 aromatic heterocycles. The minimum absolute atomic E-state index is 0.133. The predicted octanol–water partition coefficient (Wildman–Crippen LogP) is 0.581. The van der Waals surface area contributed by atoms with Gasteiger partial charge in [-0.2, -0.15) is 0 Å². The summed E-state index contributed by atoms with van der Waals surface area (Å²) in [5, 5.41) is 9.24. The monoisotopic (exact) mass is 146 g/mol. The number of hydrogen-bond donors (Lipinski definition) is 1. The van der Waals surface area contributed by atoms with E-state index in [9.17, 15) is 5.11 Å². The van der Waals surface area contributed by atoms with Crippen molar-refractivity contribution < 1.29 is 14.6 Å². The van der Waals surface area contributed by atoms with Crippen molar-refractivity contribution in [1.29, 1.82) is 0 Å². The van der Waals surface area contributed by atoms with Crippen LogP contribution < -0.4 is 0 Å². The first-order valence-corrected chi connectivity index (χ1v) is 3.59. The molecular formula is C7H14O3. The zero-order valence-corrected chi connectivity index (χ0v) is 6.41. The highest BCUT2D eigenvalue weighted by atomic mass is 16.7. The molecule has 2 atom stereocenters. The van der Waals surface area contributed by atoms with Gasteiger partial charge in [0.15, 0.2) is 6.29 Å². The van der Waals surface area contributed by atoms with Gasteiger partial charge in [-0.1, -0.05) is 13.8 Å². The zero-order chi connectivity index (χ0) is 7.56. The van der Waals surface area contributed by atoms with Crippen LogP contribution in [0.2, 0.25) is 0 Å². The zero-order valence-electron chi connectivity index (χ0n) is 6.41. The molecule has 1 saturated heterocycles. The normalized spacial score (nSPS) is 34.8. The molecule has 1 aliphatic rings. The van der Waals surface area contributed by atoms with Gasteiger partial charge in [-0.05, 0) is 5.92 Å². The molecule has 0 aliphatic carbocycles. The number of ether oxygens (including phenoxy) is 2. The first-order valence-electron chi connectivity index (χ1n) is 3.59. The van der Waals surface area contributed by atoms with E-state index in [-0.39, 0.29) is 12.7 Å². The van der Waals surface area contributed by atoms with Gasteiger partial charge in [-0.25, -0.2) is 0 Å². The van der Waals surface area contributed by atoms with Crippen molar-refractivity contribution in [2.75, 3.05) is 13.4 Å². The summed E-state index contributed by atoms with van der Waals surface area (Å²) >= 11 is 0. The van der Waals surface area contributed by atoms with Gasteiger partial charge in [0, 0.05) is 5.92 Å². The topological polar surface area (TPSA) is 38.7 Å². The third-order valence-electron chi connectivity index (χ3n) is 1.86. The Morgan fingerprint density at radius 2 is 2.20 bits per heavy atom. The first-order chi connectivity index (χ1) is 4.72. The van der Waals surface area contributed by atoms with Gasteiger partial charge in [0.25, 0.3) is 0 Å². The van der Waals surface area contributed by atoms with Crippen molar-refractivity contribution in [1.82, 2.24) is 0 Å². The average Bonchev–Trinajstić information content (AvgIpc) is 1.88. The largest absolute Gasteiger partial charge is 0.368 e. The molecule has 0 bridgehead atoms. The van der Waals surface area contributed by atoms with Crippen molar-refractivity contribution >= 4 is 0 Å². The van der Waals surface area contributed by atoms with E-state index in [2.05, 4.69) is 0 Å². The molecule has 3 heteroatoms. The summed E-state index contributed by atoms with van der Waals surface area (Å²) in [4.78, 5) is 0. The van der Waals surface area contributed by atoms with E-state index < -0.39 is 6.29 Å². The van der Waals surface area contributed by atoms with Crippen molar-refractivity contribution in [3.05, 3.63) is 0 Å². The molecule has 0 aromatic carbocycles. The highest BCUT2D eigenvalue weighted by Gasteiger charge is 2.26. The van der Waals surface area contributed by atoms with Crippen LogP contribution in [0.4, 0.5) is 0 Å². The van der Waals surface area contributed by atoms with E-state index in [1.165, 1.54) is 0 Å². The van der Waals surface area contributed by atoms with E-state index in [1.807, 2.05) is 13.8 Å². The molecule has 10 heavy (non-hydrogen) atoms. The standard InChI is InChI=1S/C7H14O3/c1-5(2)6-3-9-4-10-7(6)8/h5-8H,3-4H2,1-2H3/t6-,7?/m0/s1. The molecular weight excluding hydrogens is 132 g/mol. The molecule has 0 radical (unpaired) electrons. The number of aliphatic hydroxyl groups is 1. The van der Waals surface area contributed by atoms with Crippen molar-refractivity contribution in [3.8, 4) is 0 Å². The maximum absolute atomic E-state index is 9.24. The van der Waals surface area contributed by atoms with Crippen LogP contribution in [-0.4, -0.2) is 24.8 Å². The van der Waals surface area contributed by atoms with Gasteiger partial charge >= 0.3 is 0 Å². The van der Waals surface area contributed by atoms with E-state index >= 15 is 0 Å². The molecule has 1 N–H and O–H groups in total. The van der Waals surface area contributed by atoms with E-state index in [4.69, 9.17) is 9.47 Å². The molecule has 3 nitrogen and oxygen atoms in total. The Hall–Kier alpha value is -0.120. The number of hydrogen-bond acceptors (Lipinski definition) is 3. The molecule has 1 fully saturated rings. The minimum atomic E-state index is -0.631. The van der Waals surface area contributed by atoms with Gasteiger partial charge in [-0.15, -0.1) is 0 Å². The fraction of sp³-hybridized carbons (Fsp3) is 1.00. The molecule has 0 spiro atoms. The lowest BCUT2D eigenvalue weighted by molar-refractivity contribution is -0.252. The van der Waals surface area contributed by atoms with Crippen LogP contribution in [0.1, 0.15) is 13.8 Å². The van der Waals surface area contributed by atoms with Gasteiger partial charge < -0.3 is 14.6 Å². The molecule has 1 aliphatic heterocycles. The lowest BCUT2D eigenvalue weighted by Gasteiger charge is -2.30. The third kappa shape index (κ3) is 1.68. The Labute approximate surface area is 60.9 Å². The molecule has 1 rings (SSSR count). The van der Waals surface area contributed by atoms with E-state index in [0.717, 1.165) is 0 Å². The van der Waals surface area contributed by atoms with Crippen LogP contribution in [0.25, 0.3) is 0 Å². The molecule has 0 aromatic rings. The number of aliphatic hydroxyl groups excluding tert-OH is 1. The van der Waals surface area contributed by atoms with Gasteiger partial charge in [0.2, 0.25) is 0 Å². The van der Waals surface area contributed by atoms with Crippen molar-refractivity contribution in [2.45, 2.75) is 20.1 Å². The second-order valence-electron chi connectivity index (χ2n) is 2.95. The first kappa shape index (κ1) is 7.98. The van der Waals surface area contributed by atoms with Crippen molar-refractivity contribution in [2.24, 2.45) is 11.8 Å². The summed E-state index contributed by atoms with van der Waals surface area (Å²) in [5.74, 6) is 0.545. The van der Waals surface area contributed by atoms with Crippen LogP contribution in [0.3, 0.4) is 0 Å². The van der Waals surface area contributed by atoms with Crippen molar-refractivity contribution in [3.63, 3.8) is 0 Å². The van der Waals surface area contributed by atoms with Crippen LogP contribution in [0.15, 0.2) is 0 Å². The maximum Gasteiger partial charge on any atom is 0.162 e. The highest BCUT2D eigenvalue weighted by molar-refractivity contribution is 4.66. The lowest BCUT2D eigenvalue weighted by Crippen LogP contribution is -2.37. The second kappa shape index (κ2) is 3.32. The summed E-state index contributed by atoms with van der Waals surface area (Å²) in [6.07, 6.45) is -0.631. The minimum Gasteiger partial charge on any atom is -0.368 e. The van der Waals surface area contributed by atoms with Crippen LogP contribution in [0.5, 0.6) is 0 Å². The number of rotatable bonds is 1. The second-order valence-corrected chi connectivity index (χ2v) is 2.95. The fourth-order valence-electron chi connectivity index (χ4n) is 1.03. The fourth-order valence-corrected chi connectivity index (χ4v) is 1.03. The van der Waals surface area contributed by atoms with Gasteiger partial charge in [0.05, 0.1) is 6.61 Å².